The lowest BCUT2D eigenvalue weighted by molar-refractivity contribution is 0.487. The van der Waals surface area contributed by atoms with Crippen molar-refractivity contribution in [1.82, 2.24) is 0 Å². The van der Waals surface area contributed by atoms with Crippen molar-refractivity contribution in [3.8, 4) is 0 Å². The Kier molecular flexibility index (Phi) is 10.7. The van der Waals surface area contributed by atoms with E-state index in [2.05, 4.69) is 113 Å². The first kappa shape index (κ1) is 32.6. The van der Waals surface area contributed by atoms with Gasteiger partial charge >= 0.3 is 0 Å². The summed E-state index contributed by atoms with van der Waals surface area (Å²) < 4.78 is 0. The zero-order valence-corrected chi connectivity index (χ0v) is 29.6. The van der Waals surface area contributed by atoms with Crippen LogP contribution in [0.2, 0.25) is 0 Å². The highest BCUT2D eigenvalue weighted by molar-refractivity contribution is 7.76. The molecule has 0 bridgehead atoms. The maximum Gasteiger partial charge on any atom is 0.103 e. The first-order chi connectivity index (χ1) is 22.4. The number of hydrogen-bond donors (Lipinski definition) is 1. The first-order valence-electron chi connectivity index (χ1n) is 17.7. The van der Waals surface area contributed by atoms with E-state index in [9.17, 15) is 0 Å². The van der Waals surface area contributed by atoms with Crippen LogP contribution < -0.4 is 5.32 Å². The third-order valence-corrected chi connectivity index (χ3v) is 13.8. The SMILES string of the molecule is CC(=Nc1c(C)cccc1C)Nc1cccc2ccc(N=C(Cc3c(C)cccc3C)P(C3CCCCC3)C3CCCCC3)cc12. The van der Waals surface area contributed by atoms with Crippen LogP contribution in [0, 0.1) is 27.7 Å². The summed E-state index contributed by atoms with van der Waals surface area (Å²) in [6, 6.07) is 26.5. The predicted octanol–water partition coefficient (Wildman–Crippen LogP) is 12.7. The number of amidine groups is 1. The summed E-state index contributed by atoms with van der Waals surface area (Å²) in [6.07, 6.45) is 14.9. The minimum Gasteiger partial charge on any atom is -0.343 e. The highest BCUT2D eigenvalue weighted by Crippen LogP contribution is 2.58. The van der Waals surface area contributed by atoms with E-state index in [1.165, 1.54) is 108 Å². The molecule has 6 rings (SSSR count). The second-order valence-electron chi connectivity index (χ2n) is 13.8. The molecule has 2 aliphatic rings. The molecule has 0 heterocycles. The fourth-order valence-electron chi connectivity index (χ4n) is 7.87. The van der Waals surface area contributed by atoms with Crippen LogP contribution in [0.15, 0.2) is 82.8 Å². The average Bonchev–Trinajstić information content (AvgIpc) is 3.06. The predicted molar refractivity (Wildman–Crippen MR) is 204 cm³/mol. The fourth-order valence-corrected chi connectivity index (χ4v) is 11.7. The van der Waals surface area contributed by atoms with Gasteiger partial charge in [-0.3, -0.25) is 4.99 Å². The number of hydrogen-bond acceptors (Lipinski definition) is 2. The molecular weight excluding hydrogens is 577 g/mol. The number of aliphatic imine (C=N–C) groups is 2. The smallest absolute Gasteiger partial charge is 0.103 e. The molecule has 4 heteroatoms. The molecule has 46 heavy (non-hydrogen) atoms. The van der Waals surface area contributed by atoms with Crippen LogP contribution >= 0.6 is 7.92 Å². The summed E-state index contributed by atoms with van der Waals surface area (Å²) in [5.74, 6) is 0.896. The summed E-state index contributed by atoms with van der Waals surface area (Å²) in [6.45, 7) is 10.9. The van der Waals surface area contributed by atoms with Gasteiger partial charge in [0.1, 0.15) is 5.84 Å². The number of anilines is 1. The molecule has 0 radical (unpaired) electrons. The monoisotopic (exact) mass is 629 g/mol. The van der Waals surface area contributed by atoms with Crippen molar-refractivity contribution in [2.45, 2.75) is 117 Å². The van der Waals surface area contributed by atoms with Crippen molar-refractivity contribution in [3.63, 3.8) is 0 Å². The van der Waals surface area contributed by atoms with Gasteiger partial charge in [-0.15, -0.1) is 0 Å². The average molecular weight is 630 g/mol. The molecule has 2 saturated carbocycles. The normalized spacial score (nSPS) is 17.2. The maximum atomic E-state index is 5.74. The van der Waals surface area contributed by atoms with Crippen molar-refractivity contribution in [3.05, 3.63) is 101 Å². The molecule has 0 aliphatic heterocycles. The molecule has 0 saturated heterocycles. The Bertz CT molecular complexity index is 1660. The van der Waals surface area contributed by atoms with Gasteiger partial charge in [0.25, 0.3) is 0 Å². The number of nitrogens with zero attached hydrogens (tertiary/aromatic N) is 2. The van der Waals surface area contributed by atoms with Gasteiger partial charge in [0.15, 0.2) is 0 Å². The number of aryl methyl sites for hydroxylation is 4. The van der Waals surface area contributed by atoms with E-state index in [4.69, 9.17) is 9.98 Å². The standard InChI is InChI=1S/C42H52N3P/c1-29-15-12-16-30(2)38(29)28-41(46(36-20-8-6-9-21-36)37-22-10-7-11-23-37)45-35-26-25-34-19-14-24-40(39(34)27-35)43-33(5)44-42-31(3)17-13-18-32(42)4/h12-19,24-27,36-37H,6-11,20-23,28H2,1-5H3,(H,43,44). The van der Waals surface area contributed by atoms with Crippen molar-refractivity contribution >= 4 is 47.0 Å². The van der Waals surface area contributed by atoms with Gasteiger partial charge in [0.2, 0.25) is 0 Å². The largest absolute Gasteiger partial charge is 0.343 e. The third-order valence-electron chi connectivity index (χ3n) is 10.4. The van der Waals surface area contributed by atoms with Crippen molar-refractivity contribution < 1.29 is 0 Å². The van der Waals surface area contributed by atoms with Gasteiger partial charge in [-0.05, 0) is 123 Å². The second kappa shape index (κ2) is 15.1. The van der Waals surface area contributed by atoms with E-state index in [1.807, 2.05) is 0 Å². The fraction of sp³-hybridized carbons (Fsp3) is 0.429. The Labute approximate surface area is 278 Å². The van der Waals surface area contributed by atoms with E-state index in [1.54, 1.807) is 0 Å². The third kappa shape index (κ3) is 7.63. The molecule has 0 amide bonds. The topological polar surface area (TPSA) is 36.8 Å². The molecule has 2 fully saturated rings. The van der Waals surface area contributed by atoms with E-state index in [-0.39, 0.29) is 7.92 Å². The number of fused-ring (bicyclic) bond motifs is 1. The van der Waals surface area contributed by atoms with Gasteiger partial charge in [-0.2, -0.15) is 0 Å². The molecule has 4 aromatic carbocycles. The van der Waals surface area contributed by atoms with Crippen molar-refractivity contribution in [2.24, 2.45) is 9.98 Å². The minimum absolute atomic E-state index is 0.317. The Morgan fingerprint density at radius 3 is 1.85 bits per heavy atom. The van der Waals surface area contributed by atoms with Gasteiger partial charge in [-0.1, -0.05) is 101 Å². The van der Waals surface area contributed by atoms with Gasteiger partial charge in [0, 0.05) is 22.9 Å². The molecule has 3 nitrogen and oxygen atoms in total. The van der Waals surface area contributed by atoms with Gasteiger partial charge in [0.05, 0.1) is 11.4 Å². The summed E-state index contributed by atoms with van der Waals surface area (Å²) in [4.78, 5) is 10.7. The van der Waals surface area contributed by atoms with Crippen molar-refractivity contribution in [1.29, 1.82) is 0 Å². The van der Waals surface area contributed by atoms with Crippen LogP contribution in [0.4, 0.5) is 17.1 Å². The van der Waals surface area contributed by atoms with Crippen LogP contribution in [0.1, 0.15) is 98.9 Å². The van der Waals surface area contributed by atoms with Gasteiger partial charge < -0.3 is 5.32 Å². The first-order valence-corrected chi connectivity index (χ1v) is 19.2. The number of rotatable bonds is 8. The highest BCUT2D eigenvalue weighted by Gasteiger charge is 2.35. The lowest BCUT2D eigenvalue weighted by Crippen LogP contribution is -2.25. The van der Waals surface area contributed by atoms with Crippen LogP contribution in [-0.4, -0.2) is 22.6 Å². The summed E-state index contributed by atoms with van der Waals surface area (Å²) in [5, 5.41) is 6.08. The van der Waals surface area contributed by atoms with Crippen LogP contribution in [-0.2, 0) is 6.42 Å². The van der Waals surface area contributed by atoms with Crippen LogP contribution in [0.5, 0.6) is 0 Å². The zero-order chi connectivity index (χ0) is 32.0. The van der Waals surface area contributed by atoms with Gasteiger partial charge in [-0.25, -0.2) is 4.99 Å². The quantitative estimate of drug-likeness (QED) is 0.117. The molecule has 0 atom stereocenters. The molecular formula is C42H52N3P. The molecule has 2 aliphatic carbocycles. The second-order valence-corrected chi connectivity index (χ2v) is 16.6. The minimum atomic E-state index is -0.317. The lowest BCUT2D eigenvalue weighted by atomic mass is 9.99. The van der Waals surface area contributed by atoms with E-state index in [0.717, 1.165) is 40.6 Å². The molecule has 240 valence electrons. The van der Waals surface area contributed by atoms with E-state index in [0.29, 0.717) is 0 Å². The Balaban J connectivity index is 1.42. The van der Waals surface area contributed by atoms with E-state index >= 15 is 0 Å². The summed E-state index contributed by atoms with van der Waals surface area (Å²) in [5.41, 5.74) is 13.0. The zero-order valence-electron chi connectivity index (χ0n) is 28.7. The molecule has 1 N–H and O–H groups in total. The summed E-state index contributed by atoms with van der Waals surface area (Å²) in [7, 11) is -0.317. The van der Waals surface area contributed by atoms with Crippen LogP contribution in [0.3, 0.4) is 0 Å². The Morgan fingerprint density at radius 2 is 1.24 bits per heavy atom. The molecule has 0 unspecified atom stereocenters. The lowest BCUT2D eigenvalue weighted by Gasteiger charge is -2.39. The number of para-hydroxylation sites is 1. The number of nitrogens with one attached hydrogen (secondary N) is 1. The Morgan fingerprint density at radius 1 is 0.674 bits per heavy atom. The van der Waals surface area contributed by atoms with E-state index < -0.39 is 0 Å². The highest BCUT2D eigenvalue weighted by atomic mass is 31.1. The molecule has 0 spiro atoms. The maximum absolute atomic E-state index is 5.74. The molecule has 0 aromatic heterocycles. The number of benzene rings is 4. The summed E-state index contributed by atoms with van der Waals surface area (Å²) >= 11 is 0. The molecule has 4 aromatic rings. The van der Waals surface area contributed by atoms with Crippen molar-refractivity contribution in [2.75, 3.05) is 5.32 Å². The Hall–Kier alpha value is -3.29. The van der Waals surface area contributed by atoms with Crippen LogP contribution in [0.25, 0.3) is 10.8 Å².